The molecule has 2 aliphatic heterocycles. The summed E-state index contributed by atoms with van der Waals surface area (Å²) in [7, 11) is 1.44. The number of allylic oxidation sites excluding steroid dienone is 2. The number of aliphatic hydroxyl groups is 4. The lowest BCUT2D eigenvalue weighted by atomic mass is 9.82. The third kappa shape index (κ3) is 8.62. The van der Waals surface area contributed by atoms with Gasteiger partial charge in [-0.05, 0) is 39.0 Å². The molecule has 11 atom stereocenters. The van der Waals surface area contributed by atoms with E-state index in [-0.39, 0.29) is 30.8 Å². The molecule has 0 radical (unpaired) electrons. The fourth-order valence-corrected chi connectivity index (χ4v) is 5.02. The summed E-state index contributed by atoms with van der Waals surface area (Å²) >= 11 is 0. The minimum absolute atomic E-state index is 0.0186. The van der Waals surface area contributed by atoms with E-state index in [9.17, 15) is 25.2 Å². The number of ether oxygens (including phenoxy) is 4. The highest BCUT2D eigenvalue weighted by Crippen LogP contribution is 2.35. The molecule has 2 heterocycles. The van der Waals surface area contributed by atoms with Crippen LogP contribution in [0.1, 0.15) is 66.7 Å². The predicted octanol–water partition coefficient (Wildman–Crippen LogP) is 2.25. The van der Waals surface area contributed by atoms with Gasteiger partial charge >= 0.3 is 5.97 Å². The molecular formula is C27H46O9. The maximum atomic E-state index is 12.5. The first-order valence-corrected chi connectivity index (χ1v) is 13.0. The molecule has 9 heteroatoms. The van der Waals surface area contributed by atoms with Crippen molar-refractivity contribution in [3.8, 4) is 0 Å². The number of carbonyl (C=O) groups is 1. The second-order valence-corrected chi connectivity index (χ2v) is 10.6. The zero-order chi connectivity index (χ0) is 27.0. The van der Waals surface area contributed by atoms with Gasteiger partial charge in [-0.2, -0.15) is 0 Å². The fourth-order valence-electron chi connectivity index (χ4n) is 5.02. The summed E-state index contributed by atoms with van der Waals surface area (Å²) in [6.45, 7) is 8.88. The van der Waals surface area contributed by atoms with E-state index in [0.717, 1.165) is 0 Å². The zero-order valence-electron chi connectivity index (χ0n) is 22.4. The van der Waals surface area contributed by atoms with Crippen LogP contribution in [0.15, 0.2) is 24.3 Å². The largest absolute Gasteiger partial charge is 0.462 e. The Bertz CT molecular complexity index is 737. The van der Waals surface area contributed by atoms with E-state index < -0.39 is 54.5 Å². The molecule has 0 saturated carbocycles. The Morgan fingerprint density at radius 3 is 2.44 bits per heavy atom. The molecule has 1 saturated heterocycles. The van der Waals surface area contributed by atoms with Gasteiger partial charge in [0.1, 0.15) is 18.3 Å². The molecule has 9 nitrogen and oxygen atoms in total. The van der Waals surface area contributed by atoms with Crippen molar-refractivity contribution >= 4 is 5.97 Å². The molecule has 11 unspecified atom stereocenters. The summed E-state index contributed by atoms with van der Waals surface area (Å²) in [4.78, 5) is 12.5. The van der Waals surface area contributed by atoms with Crippen molar-refractivity contribution in [2.24, 2.45) is 11.8 Å². The molecule has 2 rings (SSSR count). The van der Waals surface area contributed by atoms with Crippen molar-refractivity contribution in [1.82, 2.24) is 0 Å². The first-order valence-electron chi connectivity index (χ1n) is 13.0. The molecule has 208 valence electrons. The summed E-state index contributed by atoms with van der Waals surface area (Å²) in [5, 5.41) is 42.8. The first-order chi connectivity index (χ1) is 16.9. The molecule has 0 amide bonds. The second-order valence-electron chi connectivity index (χ2n) is 10.6. The van der Waals surface area contributed by atoms with Crippen LogP contribution in [0.4, 0.5) is 0 Å². The number of hydrogen-bond donors (Lipinski definition) is 4. The van der Waals surface area contributed by atoms with Crippen molar-refractivity contribution in [3.05, 3.63) is 24.3 Å². The number of esters is 1. The quantitative estimate of drug-likeness (QED) is 0.417. The van der Waals surface area contributed by atoms with Crippen LogP contribution in [0.3, 0.4) is 0 Å². The van der Waals surface area contributed by atoms with Gasteiger partial charge < -0.3 is 39.4 Å². The summed E-state index contributed by atoms with van der Waals surface area (Å²) in [5.41, 5.74) is -1.43. The third-order valence-corrected chi connectivity index (χ3v) is 7.29. The van der Waals surface area contributed by atoms with E-state index in [1.165, 1.54) is 14.0 Å². The van der Waals surface area contributed by atoms with Crippen LogP contribution in [0.25, 0.3) is 0 Å². The van der Waals surface area contributed by atoms with Gasteiger partial charge in [0.25, 0.3) is 0 Å². The maximum absolute atomic E-state index is 12.5. The second kappa shape index (κ2) is 14.0. The predicted molar refractivity (Wildman–Crippen MR) is 134 cm³/mol. The van der Waals surface area contributed by atoms with Gasteiger partial charge in [0.05, 0.1) is 36.4 Å². The van der Waals surface area contributed by atoms with E-state index in [1.807, 2.05) is 26.0 Å². The number of carbonyl (C=O) groups excluding carboxylic acids is 1. The lowest BCUT2D eigenvalue weighted by molar-refractivity contribution is -0.299. The molecule has 4 N–H and O–H groups in total. The highest BCUT2D eigenvalue weighted by molar-refractivity contribution is 5.70. The number of hydrogen-bond acceptors (Lipinski definition) is 9. The lowest BCUT2D eigenvalue weighted by Gasteiger charge is -2.45. The van der Waals surface area contributed by atoms with Crippen molar-refractivity contribution in [3.63, 3.8) is 0 Å². The molecule has 1 fully saturated rings. The van der Waals surface area contributed by atoms with Crippen molar-refractivity contribution in [2.45, 2.75) is 121 Å². The van der Waals surface area contributed by atoms with Crippen molar-refractivity contribution in [2.75, 3.05) is 7.11 Å². The Morgan fingerprint density at radius 1 is 1.14 bits per heavy atom. The smallest absolute Gasteiger partial charge is 0.308 e. The van der Waals surface area contributed by atoms with Crippen LogP contribution < -0.4 is 0 Å². The van der Waals surface area contributed by atoms with Gasteiger partial charge in [-0.15, -0.1) is 0 Å². The monoisotopic (exact) mass is 514 g/mol. The topological polar surface area (TPSA) is 135 Å². The van der Waals surface area contributed by atoms with Crippen LogP contribution >= 0.6 is 0 Å². The Labute approximate surface area is 215 Å². The van der Waals surface area contributed by atoms with Crippen LogP contribution in [0.5, 0.6) is 0 Å². The highest BCUT2D eigenvalue weighted by Gasteiger charge is 2.46. The molecule has 0 spiro atoms. The number of rotatable bonds is 4. The Balaban J connectivity index is 2.38. The summed E-state index contributed by atoms with van der Waals surface area (Å²) < 4.78 is 23.4. The standard InChI is InChI=1S/C27H46O9/c1-7-19-13-16(2)20(28)12-10-8-9-11-17(3)34-22(30)14-21(29)25(33-6)24(19)36-23-15-27(5,32)26(31)18(4)35-23/h8-10,12,16-21,23-26,28-29,31-32H,7,11,13-15H2,1-6H3/b9-8+,12-10+. The maximum Gasteiger partial charge on any atom is 0.308 e. The van der Waals surface area contributed by atoms with Gasteiger partial charge in [-0.3, -0.25) is 4.79 Å². The molecule has 0 aliphatic carbocycles. The molecular weight excluding hydrogens is 468 g/mol. The SMILES string of the molecule is CCC1CC(C)C(O)/C=C/C=C/CC(C)OC(=O)CC(O)C(OC)C1OC1CC(C)(O)C(O)C(C)O1. The zero-order valence-corrected chi connectivity index (χ0v) is 22.4. The number of methoxy groups -OCH3 is 1. The van der Waals surface area contributed by atoms with Crippen LogP contribution in [-0.4, -0.2) is 88.1 Å². The molecule has 0 aromatic carbocycles. The Kier molecular flexibility index (Phi) is 12.0. The van der Waals surface area contributed by atoms with E-state index >= 15 is 0 Å². The minimum atomic E-state index is -1.43. The van der Waals surface area contributed by atoms with Gasteiger partial charge in [0.2, 0.25) is 0 Å². The summed E-state index contributed by atoms with van der Waals surface area (Å²) in [6.07, 6.45) is 2.06. The van der Waals surface area contributed by atoms with E-state index in [0.29, 0.717) is 19.3 Å². The van der Waals surface area contributed by atoms with E-state index in [4.69, 9.17) is 18.9 Å². The summed E-state index contributed by atoms with van der Waals surface area (Å²) in [5.74, 6) is -0.859. The van der Waals surface area contributed by atoms with Crippen LogP contribution in [0, 0.1) is 11.8 Å². The average Bonchev–Trinajstić information content (AvgIpc) is 2.79. The molecule has 0 bridgehead atoms. The Morgan fingerprint density at radius 2 is 1.83 bits per heavy atom. The van der Waals surface area contributed by atoms with Gasteiger partial charge in [0, 0.05) is 20.0 Å². The number of cyclic esters (lactones) is 1. The van der Waals surface area contributed by atoms with Crippen LogP contribution in [-0.2, 0) is 23.7 Å². The third-order valence-electron chi connectivity index (χ3n) is 7.29. The van der Waals surface area contributed by atoms with E-state index in [1.54, 1.807) is 26.0 Å². The van der Waals surface area contributed by atoms with Gasteiger partial charge in [-0.1, -0.05) is 44.6 Å². The Hall–Kier alpha value is -1.33. The molecule has 36 heavy (non-hydrogen) atoms. The minimum Gasteiger partial charge on any atom is -0.462 e. The average molecular weight is 515 g/mol. The molecule has 0 aromatic rings. The molecule has 2 aliphatic rings. The van der Waals surface area contributed by atoms with Crippen LogP contribution in [0.2, 0.25) is 0 Å². The highest BCUT2D eigenvalue weighted by atomic mass is 16.7. The van der Waals surface area contributed by atoms with Crippen molar-refractivity contribution in [1.29, 1.82) is 0 Å². The summed E-state index contributed by atoms with van der Waals surface area (Å²) in [6, 6.07) is 0. The van der Waals surface area contributed by atoms with Gasteiger partial charge in [0.15, 0.2) is 6.29 Å². The molecule has 0 aromatic heterocycles. The first kappa shape index (κ1) is 30.9. The van der Waals surface area contributed by atoms with Gasteiger partial charge in [-0.25, -0.2) is 0 Å². The normalized spacial score (nSPS) is 45.6. The fraction of sp³-hybridized carbons (Fsp3) is 0.815. The van der Waals surface area contributed by atoms with Crippen molar-refractivity contribution < 1.29 is 44.2 Å². The van der Waals surface area contributed by atoms with E-state index in [2.05, 4.69) is 0 Å². The number of aliphatic hydroxyl groups excluding tert-OH is 3. The lowest BCUT2D eigenvalue weighted by Crippen LogP contribution is -2.57.